The summed E-state index contributed by atoms with van der Waals surface area (Å²) in [5.74, 6) is 0.822. The van der Waals surface area contributed by atoms with Crippen LogP contribution in [0.3, 0.4) is 0 Å². The van der Waals surface area contributed by atoms with Gasteiger partial charge < -0.3 is 9.64 Å². The maximum absolute atomic E-state index is 12.8. The van der Waals surface area contributed by atoms with E-state index in [9.17, 15) is 4.79 Å². The van der Waals surface area contributed by atoms with Gasteiger partial charge in [-0.1, -0.05) is 31.5 Å². The van der Waals surface area contributed by atoms with E-state index in [0.717, 1.165) is 55.8 Å². The van der Waals surface area contributed by atoms with Crippen LogP contribution in [0.25, 0.3) is 0 Å². The number of aromatic nitrogens is 1. The maximum Gasteiger partial charge on any atom is 0.264 e. The number of fused-ring (bicyclic) bond motifs is 1. The average Bonchev–Trinajstić information content (AvgIpc) is 2.67. The molecule has 1 aliphatic rings. The third kappa shape index (κ3) is 4.38. The molecule has 1 aromatic heterocycles. The molecular weight excluding hydrogens is 312 g/mol. The summed E-state index contributed by atoms with van der Waals surface area (Å²) < 4.78 is 5.92. The molecule has 0 saturated heterocycles. The summed E-state index contributed by atoms with van der Waals surface area (Å²) >= 11 is 0. The van der Waals surface area contributed by atoms with Crippen molar-refractivity contribution in [2.45, 2.75) is 45.4 Å². The molecule has 4 heteroatoms. The fourth-order valence-electron chi connectivity index (χ4n) is 3.27. The molecule has 1 aromatic carbocycles. The summed E-state index contributed by atoms with van der Waals surface area (Å²) in [4.78, 5) is 19.1. The molecule has 0 bridgehead atoms. The molecule has 3 rings (SSSR count). The number of nitrogens with zero attached hydrogens (tertiary/aromatic N) is 2. The van der Waals surface area contributed by atoms with Gasteiger partial charge in [0.1, 0.15) is 5.75 Å². The first-order valence-electron chi connectivity index (χ1n) is 9.24. The molecule has 4 nitrogen and oxygen atoms in total. The Morgan fingerprint density at radius 1 is 1.16 bits per heavy atom. The standard InChI is InChI=1S/C21H26N2O2/c1-2-3-15-23(17-9-5-4-6-10-17)21(24)16-25-20-13-14-22-19-12-8-7-11-18(19)20/h4-6,9-10,13-14H,2-3,7-8,11-12,15-16H2,1H3. The number of unbranched alkanes of at least 4 members (excludes halogenated alkanes) is 1. The van der Waals surface area contributed by atoms with E-state index < -0.39 is 0 Å². The Kier molecular flexibility index (Phi) is 6.04. The van der Waals surface area contributed by atoms with Gasteiger partial charge in [0.05, 0.1) is 0 Å². The molecule has 0 saturated carbocycles. The molecule has 1 aliphatic carbocycles. The van der Waals surface area contributed by atoms with Crippen molar-refractivity contribution < 1.29 is 9.53 Å². The van der Waals surface area contributed by atoms with Crippen molar-refractivity contribution in [1.82, 2.24) is 4.98 Å². The number of hydrogen-bond donors (Lipinski definition) is 0. The number of para-hydroxylation sites is 1. The lowest BCUT2D eigenvalue weighted by molar-refractivity contribution is -0.120. The SMILES string of the molecule is CCCCN(C(=O)COc1ccnc2c1CCCC2)c1ccccc1. The minimum atomic E-state index is 0.000946. The fourth-order valence-corrected chi connectivity index (χ4v) is 3.27. The Morgan fingerprint density at radius 2 is 1.96 bits per heavy atom. The molecule has 2 aromatic rings. The lowest BCUT2D eigenvalue weighted by atomic mass is 9.95. The number of carbonyl (C=O) groups is 1. The van der Waals surface area contributed by atoms with Crippen molar-refractivity contribution in [3.63, 3.8) is 0 Å². The second-order valence-electron chi connectivity index (χ2n) is 6.46. The highest BCUT2D eigenvalue weighted by Gasteiger charge is 2.19. The van der Waals surface area contributed by atoms with E-state index in [2.05, 4.69) is 11.9 Å². The maximum atomic E-state index is 12.8. The number of amides is 1. The monoisotopic (exact) mass is 338 g/mol. The quantitative estimate of drug-likeness (QED) is 0.761. The van der Waals surface area contributed by atoms with Crippen molar-refractivity contribution in [2.24, 2.45) is 0 Å². The van der Waals surface area contributed by atoms with Crippen LogP contribution in [0.2, 0.25) is 0 Å². The number of carbonyl (C=O) groups excluding carboxylic acids is 1. The molecule has 0 spiro atoms. The van der Waals surface area contributed by atoms with E-state index >= 15 is 0 Å². The number of hydrogen-bond acceptors (Lipinski definition) is 3. The molecule has 0 unspecified atom stereocenters. The van der Waals surface area contributed by atoms with Gasteiger partial charge in [-0.15, -0.1) is 0 Å². The van der Waals surface area contributed by atoms with Crippen molar-refractivity contribution in [2.75, 3.05) is 18.1 Å². The Morgan fingerprint density at radius 3 is 2.76 bits per heavy atom. The average molecular weight is 338 g/mol. The largest absolute Gasteiger partial charge is 0.483 e. The highest BCUT2D eigenvalue weighted by molar-refractivity contribution is 5.94. The van der Waals surface area contributed by atoms with Crippen molar-refractivity contribution in [3.8, 4) is 5.75 Å². The molecule has 25 heavy (non-hydrogen) atoms. The first-order valence-corrected chi connectivity index (χ1v) is 9.24. The van der Waals surface area contributed by atoms with Crippen LogP contribution < -0.4 is 9.64 Å². The van der Waals surface area contributed by atoms with Crippen molar-refractivity contribution in [3.05, 3.63) is 53.9 Å². The lowest BCUT2D eigenvalue weighted by Crippen LogP contribution is -2.36. The number of benzene rings is 1. The van der Waals surface area contributed by atoms with Gasteiger partial charge in [-0.25, -0.2) is 0 Å². The third-order valence-electron chi connectivity index (χ3n) is 4.65. The van der Waals surface area contributed by atoms with Crippen LogP contribution in [0.1, 0.15) is 43.9 Å². The van der Waals surface area contributed by atoms with Gasteiger partial charge in [-0.2, -0.15) is 0 Å². The van der Waals surface area contributed by atoms with Crippen LogP contribution in [0, 0.1) is 0 Å². The zero-order chi connectivity index (χ0) is 17.5. The second-order valence-corrected chi connectivity index (χ2v) is 6.46. The highest BCUT2D eigenvalue weighted by Crippen LogP contribution is 2.28. The summed E-state index contributed by atoms with van der Waals surface area (Å²) in [7, 11) is 0. The summed E-state index contributed by atoms with van der Waals surface area (Å²) in [5.41, 5.74) is 3.24. The molecule has 0 N–H and O–H groups in total. The zero-order valence-corrected chi connectivity index (χ0v) is 14.9. The summed E-state index contributed by atoms with van der Waals surface area (Å²) in [6, 6.07) is 11.7. The first kappa shape index (κ1) is 17.5. The summed E-state index contributed by atoms with van der Waals surface area (Å²) in [5, 5.41) is 0. The molecule has 0 radical (unpaired) electrons. The zero-order valence-electron chi connectivity index (χ0n) is 14.9. The summed E-state index contributed by atoms with van der Waals surface area (Å²) in [6.07, 6.45) is 8.16. The van der Waals surface area contributed by atoms with Crippen LogP contribution in [0.4, 0.5) is 5.69 Å². The Labute approximate surface area is 149 Å². The van der Waals surface area contributed by atoms with Gasteiger partial charge in [-0.3, -0.25) is 9.78 Å². The first-order chi connectivity index (χ1) is 12.3. The Balaban J connectivity index is 1.70. The Hall–Kier alpha value is -2.36. The minimum Gasteiger partial charge on any atom is -0.483 e. The molecule has 0 fully saturated rings. The van der Waals surface area contributed by atoms with Gasteiger partial charge in [-0.05, 0) is 50.3 Å². The van der Waals surface area contributed by atoms with E-state index in [1.807, 2.05) is 41.3 Å². The van der Waals surface area contributed by atoms with Crippen molar-refractivity contribution in [1.29, 1.82) is 0 Å². The molecule has 132 valence electrons. The predicted molar refractivity (Wildman–Crippen MR) is 100 cm³/mol. The topological polar surface area (TPSA) is 42.4 Å². The van der Waals surface area contributed by atoms with Gasteiger partial charge in [0.15, 0.2) is 6.61 Å². The molecule has 1 amide bonds. The molecular formula is C21H26N2O2. The van der Waals surface area contributed by atoms with Crippen LogP contribution in [-0.4, -0.2) is 24.0 Å². The van der Waals surface area contributed by atoms with Gasteiger partial charge in [0, 0.05) is 29.7 Å². The van der Waals surface area contributed by atoms with E-state index in [-0.39, 0.29) is 12.5 Å². The minimum absolute atomic E-state index is 0.000946. The second kappa shape index (κ2) is 8.65. The molecule has 0 aliphatic heterocycles. The predicted octanol–water partition coefficient (Wildman–Crippen LogP) is 4.17. The molecule has 0 atom stereocenters. The third-order valence-corrected chi connectivity index (χ3v) is 4.65. The van der Waals surface area contributed by atoms with E-state index in [1.54, 1.807) is 6.20 Å². The van der Waals surface area contributed by atoms with Crippen LogP contribution in [0.15, 0.2) is 42.6 Å². The van der Waals surface area contributed by atoms with Crippen LogP contribution in [0.5, 0.6) is 5.75 Å². The smallest absolute Gasteiger partial charge is 0.264 e. The number of anilines is 1. The van der Waals surface area contributed by atoms with E-state index in [4.69, 9.17) is 4.74 Å². The van der Waals surface area contributed by atoms with Crippen molar-refractivity contribution >= 4 is 11.6 Å². The fraction of sp³-hybridized carbons (Fsp3) is 0.429. The number of ether oxygens (including phenoxy) is 1. The highest BCUT2D eigenvalue weighted by atomic mass is 16.5. The van der Waals surface area contributed by atoms with Gasteiger partial charge in [0.2, 0.25) is 0 Å². The number of pyridine rings is 1. The van der Waals surface area contributed by atoms with E-state index in [1.165, 1.54) is 12.0 Å². The van der Waals surface area contributed by atoms with Crippen LogP contribution in [-0.2, 0) is 17.6 Å². The summed E-state index contributed by atoms with van der Waals surface area (Å²) in [6.45, 7) is 2.92. The van der Waals surface area contributed by atoms with Gasteiger partial charge in [0.25, 0.3) is 5.91 Å². The lowest BCUT2D eigenvalue weighted by Gasteiger charge is -2.24. The Bertz CT molecular complexity index is 700. The van der Waals surface area contributed by atoms with Crippen LogP contribution >= 0.6 is 0 Å². The normalized spacial score (nSPS) is 13.2. The van der Waals surface area contributed by atoms with Gasteiger partial charge >= 0.3 is 0 Å². The number of rotatable bonds is 7. The molecule has 1 heterocycles. The number of aryl methyl sites for hydroxylation is 1. The van der Waals surface area contributed by atoms with E-state index in [0.29, 0.717) is 0 Å².